The molecule has 0 unspecified atom stereocenters. The molecule has 186 valence electrons. The number of hydrogen-bond acceptors (Lipinski definition) is 3. The molecule has 1 aromatic carbocycles. The molecule has 1 N–H and O–H groups in total. The quantitative estimate of drug-likeness (QED) is 0.495. The first-order valence-electron chi connectivity index (χ1n) is 13.3. The van der Waals surface area contributed by atoms with Crippen LogP contribution >= 0.6 is 0 Å². The van der Waals surface area contributed by atoms with E-state index >= 15 is 0 Å². The lowest BCUT2D eigenvalue weighted by molar-refractivity contribution is 0.0254. The molecule has 5 rings (SSSR count). The van der Waals surface area contributed by atoms with Crippen molar-refractivity contribution in [1.82, 2.24) is 20.1 Å². The number of aromatic nitrogens is 3. The molecule has 0 radical (unpaired) electrons. The van der Waals surface area contributed by atoms with E-state index in [4.69, 9.17) is 0 Å². The van der Waals surface area contributed by atoms with Gasteiger partial charge in [-0.15, -0.1) is 0 Å². The van der Waals surface area contributed by atoms with E-state index in [1.807, 2.05) is 27.0 Å². The lowest BCUT2D eigenvalue weighted by Gasteiger charge is -2.55. The summed E-state index contributed by atoms with van der Waals surface area (Å²) in [5, 5.41) is 8.74. The third-order valence-electron chi connectivity index (χ3n) is 9.16. The summed E-state index contributed by atoms with van der Waals surface area (Å²) >= 11 is 0. The summed E-state index contributed by atoms with van der Waals surface area (Å²) in [6.07, 6.45) is 5.92. The van der Waals surface area contributed by atoms with Crippen LogP contribution in [-0.2, 0) is 18.9 Å². The summed E-state index contributed by atoms with van der Waals surface area (Å²) in [4.78, 5) is 18.1. The highest BCUT2D eigenvalue weighted by molar-refractivity contribution is 6.06. The Morgan fingerprint density at radius 3 is 2.71 bits per heavy atom. The number of hydrogen-bond donors (Lipinski definition) is 1. The van der Waals surface area contributed by atoms with Crippen LogP contribution < -0.4 is 5.32 Å². The molecule has 2 aliphatic rings. The number of rotatable bonds is 4. The third kappa shape index (κ3) is 3.88. The third-order valence-corrected chi connectivity index (χ3v) is 9.16. The Bertz CT molecular complexity index is 1310. The van der Waals surface area contributed by atoms with E-state index in [1.54, 1.807) is 15.8 Å². The van der Waals surface area contributed by atoms with Gasteiger partial charge in [0.25, 0.3) is 5.91 Å². The maximum atomic E-state index is 13.5. The van der Waals surface area contributed by atoms with E-state index in [1.165, 1.54) is 24.8 Å². The molecule has 35 heavy (non-hydrogen) atoms. The van der Waals surface area contributed by atoms with Crippen molar-refractivity contribution in [3.05, 3.63) is 57.9 Å². The summed E-state index contributed by atoms with van der Waals surface area (Å²) in [7, 11) is 1.89. The lowest BCUT2D eigenvalue weighted by atomic mass is 9.49. The predicted octanol–water partition coefficient (Wildman–Crippen LogP) is 6.15. The van der Waals surface area contributed by atoms with Gasteiger partial charge in [-0.2, -0.15) is 5.10 Å². The first kappa shape index (κ1) is 24.0. The molecular weight excluding hydrogens is 432 g/mol. The van der Waals surface area contributed by atoms with Gasteiger partial charge in [-0.05, 0) is 85.0 Å². The number of carbonyl (C=O) groups excluding carboxylic acids is 1. The van der Waals surface area contributed by atoms with Gasteiger partial charge in [0.05, 0.1) is 16.6 Å². The van der Waals surface area contributed by atoms with Gasteiger partial charge in [0, 0.05) is 19.3 Å². The number of carbonyl (C=O) groups is 1. The zero-order valence-corrected chi connectivity index (χ0v) is 22.5. The van der Waals surface area contributed by atoms with Crippen molar-refractivity contribution < 1.29 is 4.79 Å². The van der Waals surface area contributed by atoms with Crippen molar-refractivity contribution in [3.8, 4) is 0 Å². The second-order valence-electron chi connectivity index (χ2n) is 12.0. The SMILES string of the molecule is Cc1cc(C(=O)NC[C@]2(C)CCC[C@]3(C)c4ccc(C(C)C)cc4CC[C@@H]23)c2c(C)nn(C)c2n1. The van der Waals surface area contributed by atoms with Crippen LogP contribution in [0.4, 0.5) is 0 Å². The molecule has 5 nitrogen and oxygen atoms in total. The molecule has 1 fully saturated rings. The number of pyridine rings is 1. The van der Waals surface area contributed by atoms with Crippen LogP contribution in [0.15, 0.2) is 24.3 Å². The highest BCUT2D eigenvalue weighted by Gasteiger charge is 2.51. The normalized spacial score (nSPS) is 26.0. The highest BCUT2D eigenvalue weighted by atomic mass is 16.1. The van der Waals surface area contributed by atoms with Crippen molar-refractivity contribution in [3.63, 3.8) is 0 Å². The lowest BCUT2D eigenvalue weighted by Crippen LogP contribution is -2.53. The molecule has 2 heterocycles. The molecule has 0 spiro atoms. The van der Waals surface area contributed by atoms with Crippen molar-refractivity contribution in [1.29, 1.82) is 0 Å². The number of nitrogens with one attached hydrogen (secondary N) is 1. The molecule has 0 saturated heterocycles. The minimum absolute atomic E-state index is 0.0112. The average Bonchev–Trinajstić information content (AvgIpc) is 3.09. The topological polar surface area (TPSA) is 59.8 Å². The van der Waals surface area contributed by atoms with E-state index in [-0.39, 0.29) is 16.7 Å². The maximum Gasteiger partial charge on any atom is 0.252 e. The molecule has 5 heteroatoms. The van der Waals surface area contributed by atoms with Gasteiger partial charge in [0.1, 0.15) is 0 Å². The Hall–Kier alpha value is -2.69. The predicted molar refractivity (Wildman–Crippen MR) is 142 cm³/mol. The molecule has 3 atom stereocenters. The van der Waals surface area contributed by atoms with Crippen LogP contribution in [0, 0.1) is 25.2 Å². The van der Waals surface area contributed by atoms with Gasteiger partial charge >= 0.3 is 0 Å². The number of fused-ring (bicyclic) bond motifs is 4. The van der Waals surface area contributed by atoms with Crippen molar-refractivity contribution >= 4 is 16.9 Å². The summed E-state index contributed by atoms with van der Waals surface area (Å²) in [6.45, 7) is 14.0. The standard InChI is InChI=1S/C30H40N4O/c1-18(2)21-9-11-24-22(16-21)10-12-25-29(5,13-8-14-30(24,25)6)17-31-28(35)23-15-19(3)32-27-26(23)20(4)33-34(27)7/h9,11,15-16,18,25H,8,10,12-14,17H2,1-7H3,(H,31,35)/t25-,29-,30+/m0/s1. The molecule has 1 amide bonds. The smallest absolute Gasteiger partial charge is 0.252 e. The van der Waals surface area contributed by atoms with Crippen LogP contribution in [0.1, 0.15) is 97.7 Å². The van der Waals surface area contributed by atoms with E-state index in [0.29, 0.717) is 23.9 Å². The van der Waals surface area contributed by atoms with Gasteiger partial charge in [-0.3, -0.25) is 9.48 Å². The van der Waals surface area contributed by atoms with Gasteiger partial charge in [0.2, 0.25) is 0 Å². The van der Waals surface area contributed by atoms with Crippen molar-refractivity contribution in [2.24, 2.45) is 18.4 Å². The Morgan fingerprint density at radius 2 is 1.97 bits per heavy atom. The number of benzene rings is 1. The molecule has 3 aromatic rings. The summed E-state index contributed by atoms with van der Waals surface area (Å²) < 4.78 is 1.77. The second-order valence-corrected chi connectivity index (χ2v) is 12.0. The monoisotopic (exact) mass is 472 g/mol. The van der Waals surface area contributed by atoms with Crippen LogP contribution in [0.3, 0.4) is 0 Å². The fourth-order valence-corrected chi connectivity index (χ4v) is 7.34. The van der Waals surface area contributed by atoms with E-state index in [2.05, 4.69) is 61.3 Å². The Balaban J connectivity index is 1.42. The number of aryl methyl sites for hydroxylation is 4. The Labute approximate surface area is 209 Å². The molecule has 0 bridgehead atoms. The minimum atomic E-state index is -0.0112. The molecule has 1 saturated carbocycles. The number of nitrogens with zero attached hydrogens (tertiary/aromatic N) is 3. The molecule has 2 aromatic heterocycles. The van der Waals surface area contributed by atoms with E-state index < -0.39 is 0 Å². The fourth-order valence-electron chi connectivity index (χ4n) is 7.34. The fraction of sp³-hybridized carbons (Fsp3) is 0.567. The Kier molecular flexibility index (Phi) is 5.81. The summed E-state index contributed by atoms with van der Waals surface area (Å²) in [5.41, 5.74) is 7.93. The van der Waals surface area contributed by atoms with Gasteiger partial charge < -0.3 is 5.32 Å². The average molecular weight is 473 g/mol. The number of amides is 1. The van der Waals surface area contributed by atoms with E-state index in [0.717, 1.165) is 35.3 Å². The summed E-state index contributed by atoms with van der Waals surface area (Å²) in [6, 6.07) is 9.13. The maximum absolute atomic E-state index is 13.5. The van der Waals surface area contributed by atoms with Gasteiger partial charge in [-0.25, -0.2) is 4.98 Å². The zero-order valence-electron chi connectivity index (χ0n) is 22.5. The molecule has 2 aliphatic carbocycles. The first-order chi connectivity index (χ1) is 16.5. The highest BCUT2D eigenvalue weighted by Crippen LogP contribution is 2.57. The van der Waals surface area contributed by atoms with Crippen LogP contribution in [-0.4, -0.2) is 27.2 Å². The van der Waals surface area contributed by atoms with Crippen molar-refractivity contribution in [2.45, 2.75) is 85.0 Å². The Morgan fingerprint density at radius 1 is 1.20 bits per heavy atom. The van der Waals surface area contributed by atoms with E-state index in [9.17, 15) is 4.79 Å². The van der Waals surface area contributed by atoms with Crippen LogP contribution in [0.25, 0.3) is 11.0 Å². The summed E-state index contributed by atoms with van der Waals surface area (Å²) in [5.74, 6) is 1.10. The largest absolute Gasteiger partial charge is 0.351 e. The van der Waals surface area contributed by atoms with Gasteiger partial charge in [0.15, 0.2) is 5.65 Å². The van der Waals surface area contributed by atoms with Gasteiger partial charge in [-0.1, -0.05) is 52.3 Å². The zero-order chi connectivity index (χ0) is 25.1. The van der Waals surface area contributed by atoms with Crippen LogP contribution in [0.2, 0.25) is 0 Å². The molecular formula is C30H40N4O. The van der Waals surface area contributed by atoms with Crippen LogP contribution in [0.5, 0.6) is 0 Å². The minimum Gasteiger partial charge on any atom is -0.351 e. The molecule has 0 aliphatic heterocycles. The first-order valence-corrected chi connectivity index (χ1v) is 13.3. The van der Waals surface area contributed by atoms with Crippen molar-refractivity contribution in [2.75, 3.05) is 6.54 Å². The second kappa shape index (κ2) is 8.46.